The van der Waals surface area contributed by atoms with E-state index in [4.69, 9.17) is 4.42 Å². The Balaban J connectivity index is 1.46. The van der Waals surface area contributed by atoms with Crippen LogP contribution in [0.1, 0.15) is 43.0 Å². The highest BCUT2D eigenvalue weighted by Crippen LogP contribution is 2.22. The lowest BCUT2D eigenvalue weighted by Gasteiger charge is -2.15. The smallest absolute Gasteiger partial charge is 0.247 e. The molecular formula is C19H21N3O2S. The van der Waals surface area contributed by atoms with Crippen molar-refractivity contribution in [3.63, 3.8) is 0 Å². The van der Waals surface area contributed by atoms with E-state index in [1.807, 2.05) is 41.8 Å². The number of carbonyl (C=O) groups is 1. The molecule has 3 aromatic rings. The van der Waals surface area contributed by atoms with E-state index >= 15 is 0 Å². The first-order valence-corrected chi connectivity index (χ1v) is 9.34. The van der Waals surface area contributed by atoms with Crippen molar-refractivity contribution in [3.05, 3.63) is 58.6 Å². The van der Waals surface area contributed by atoms with E-state index in [-0.39, 0.29) is 11.9 Å². The SMILES string of the molecule is CCC(NC(=O)CCCc1nnc(-c2ccccc2)o1)c1cccs1. The summed E-state index contributed by atoms with van der Waals surface area (Å²) in [5, 5.41) is 13.2. The molecule has 0 bridgehead atoms. The minimum absolute atomic E-state index is 0.0584. The summed E-state index contributed by atoms with van der Waals surface area (Å²) in [7, 11) is 0. The van der Waals surface area contributed by atoms with E-state index in [0.717, 1.165) is 12.0 Å². The molecule has 1 atom stereocenters. The number of rotatable bonds is 8. The second-order valence-electron chi connectivity index (χ2n) is 5.76. The Labute approximate surface area is 151 Å². The molecule has 1 N–H and O–H groups in total. The van der Waals surface area contributed by atoms with E-state index in [2.05, 4.69) is 28.5 Å². The Kier molecular flexibility index (Phi) is 5.95. The fourth-order valence-corrected chi connectivity index (χ4v) is 3.44. The molecule has 0 fully saturated rings. The van der Waals surface area contributed by atoms with Gasteiger partial charge in [-0.25, -0.2) is 0 Å². The van der Waals surface area contributed by atoms with Gasteiger partial charge in [0.1, 0.15) is 0 Å². The van der Waals surface area contributed by atoms with Crippen LogP contribution in [0.4, 0.5) is 0 Å². The van der Waals surface area contributed by atoms with Gasteiger partial charge < -0.3 is 9.73 Å². The molecule has 25 heavy (non-hydrogen) atoms. The van der Waals surface area contributed by atoms with Gasteiger partial charge in [-0.2, -0.15) is 0 Å². The maximum Gasteiger partial charge on any atom is 0.247 e. The molecule has 2 aromatic heterocycles. The number of carbonyl (C=O) groups excluding carboxylic acids is 1. The van der Waals surface area contributed by atoms with Crippen molar-refractivity contribution >= 4 is 17.2 Å². The molecular weight excluding hydrogens is 334 g/mol. The summed E-state index contributed by atoms with van der Waals surface area (Å²) in [6.07, 6.45) is 2.62. The first kappa shape index (κ1) is 17.4. The highest BCUT2D eigenvalue weighted by atomic mass is 32.1. The van der Waals surface area contributed by atoms with Crippen molar-refractivity contribution in [2.24, 2.45) is 0 Å². The lowest BCUT2D eigenvalue weighted by atomic mass is 10.1. The van der Waals surface area contributed by atoms with Gasteiger partial charge in [0.2, 0.25) is 17.7 Å². The molecule has 130 valence electrons. The van der Waals surface area contributed by atoms with Crippen LogP contribution in [-0.2, 0) is 11.2 Å². The zero-order valence-corrected chi connectivity index (χ0v) is 15.0. The highest BCUT2D eigenvalue weighted by Gasteiger charge is 2.14. The fraction of sp³-hybridized carbons (Fsp3) is 0.316. The number of nitrogens with one attached hydrogen (secondary N) is 1. The van der Waals surface area contributed by atoms with Gasteiger partial charge in [-0.1, -0.05) is 31.2 Å². The Morgan fingerprint density at radius 3 is 2.76 bits per heavy atom. The molecule has 0 saturated carbocycles. The standard InChI is InChI=1S/C19H21N3O2S/c1-2-15(16-10-7-13-25-16)20-17(23)11-6-12-18-21-22-19(24-18)14-8-4-3-5-9-14/h3-5,7-10,13,15H,2,6,11-12H2,1H3,(H,20,23). The number of hydrogen-bond donors (Lipinski definition) is 1. The Bertz CT molecular complexity index is 784. The van der Waals surface area contributed by atoms with Crippen molar-refractivity contribution in [1.82, 2.24) is 15.5 Å². The minimum Gasteiger partial charge on any atom is -0.421 e. The molecule has 0 aliphatic rings. The monoisotopic (exact) mass is 355 g/mol. The zero-order chi connectivity index (χ0) is 17.5. The van der Waals surface area contributed by atoms with Gasteiger partial charge in [0, 0.05) is 23.3 Å². The van der Waals surface area contributed by atoms with Gasteiger partial charge in [-0.05, 0) is 36.4 Å². The van der Waals surface area contributed by atoms with E-state index in [1.165, 1.54) is 4.88 Å². The second kappa shape index (κ2) is 8.58. The summed E-state index contributed by atoms with van der Waals surface area (Å²) in [6, 6.07) is 13.8. The minimum atomic E-state index is 0.0584. The first-order valence-electron chi connectivity index (χ1n) is 8.47. The molecule has 1 aromatic carbocycles. The van der Waals surface area contributed by atoms with Crippen LogP contribution in [0.3, 0.4) is 0 Å². The van der Waals surface area contributed by atoms with Crippen LogP contribution >= 0.6 is 11.3 Å². The number of benzene rings is 1. The van der Waals surface area contributed by atoms with E-state index in [0.29, 0.717) is 31.0 Å². The fourth-order valence-electron chi connectivity index (χ4n) is 2.58. The van der Waals surface area contributed by atoms with Crippen molar-refractivity contribution in [2.75, 3.05) is 0 Å². The third kappa shape index (κ3) is 4.76. The molecule has 1 amide bonds. The Morgan fingerprint density at radius 2 is 2.04 bits per heavy atom. The average Bonchev–Trinajstić information content (AvgIpc) is 3.32. The Hall–Kier alpha value is -2.47. The van der Waals surface area contributed by atoms with Crippen LogP contribution in [0, 0.1) is 0 Å². The molecule has 1 unspecified atom stereocenters. The maximum atomic E-state index is 12.2. The van der Waals surface area contributed by atoms with Gasteiger partial charge in [0.15, 0.2) is 0 Å². The number of aryl methyl sites for hydroxylation is 1. The third-order valence-electron chi connectivity index (χ3n) is 3.91. The van der Waals surface area contributed by atoms with Crippen LogP contribution in [0.5, 0.6) is 0 Å². The van der Waals surface area contributed by atoms with Crippen LogP contribution in [0.15, 0.2) is 52.3 Å². The quantitative estimate of drug-likeness (QED) is 0.651. The third-order valence-corrected chi connectivity index (χ3v) is 4.90. The molecule has 0 radical (unpaired) electrons. The van der Waals surface area contributed by atoms with Crippen molar-refractivity contribution in [3.8, 4) is 11.5 Å². The summed E-state index contributed by atoms with van der Waals surface area (Å²) >= 11 is 1.67. The zero-order valence-electron chi connectivity index (χ0n) is 14.1. The Morgan fingerprint density at radius 1 is 1.20 bits per heavy atom. The topological polar surface area (TPSA) is 68.0 Å². The summed E-state index contributed by atoms with van der Waals surface area (Å²) in [4.78, 5) is 13.3. The molecule has 0 spiro atoms. The maximum absolute atomic E-state index is 12.2. The molecule has 6 heteroatoms. The predicted molar refractivity (Wildman–Crippen MR) is 98.2 cm³/mol. The molecule has 3 rings (SSSR count). The number of nitrogens with zero attached hydrogens (tertiary/aromatic N) is 2. The van der Waals surface area contributed by atoms with Gasteiger partial charge >= 0.3 is 0 Å². The number of hydrogen-bond acceptors (Lipinski definition) is 5. The number of aromatic nitrogens is 2. The van der Waals surface area contributed by atoms with Gasteiger partial charge in [0.05, 0.1) is 6.04 Å². The van der Waals surface area contributed by atoms with Crippen molar-refractivity contribution in [1.29, 1.82) is 0 Å². The molecule has 2 heterocycles. The van der Waals surface area contributed by atoms with Crippen molar-refractivity contribution in [2.45, 2.75) is 38.6 Å². The van der Waals surface area contributed by atoms with Crippen LogP contribution < -0.4 is 5.32 Å². The lowest BCUT2D eigenvalue weighted by Crippen LogP contribution is -2.27. The normalized spacial score (nSPS) is 12.0. The predicted octanol–water partition coefficient (Wildman–Crippen LogP) is 4.39. The summed E-state index contributed by atoms with van der Waals surface area (Å²) in [5.74, 6) is 1.14. The summed E-state index contributed by atoms with van der Waals surface area (Å²) in [5.41, 5.74) is 0.903. The van der Waals surface area contributed by atoms with Crippen LogP contribution in [0.25, 0.3) is 11.5 Å². The van der Waals surface area contributed by atoms with Gasteiger partial charge in [0.25, 0.3) is 0 Å². The van der Waals surface area contributed by atoms with E-state index < -0.39 is 0 Å². The molecule has 5 nitrogen and oxygen atoms in total. The van der Waals surface area contributed by atoms with E-state index in [9.17, 15) is 4.79 Å². The lowest BCUT2D eigenvalue weighted by molar-refractivity contribution is -0.121. The summed E-state index contributed by atoms with van der Waals surface area (Å²) < 4.78 is 5.66. The summed E-state index contributed by atoms with van der Waals surface area (Å²) in [6.45, 7) is 2.08. The molecule has 0 saturated heterocycles. The van der Waals surface area contributed by atoms with Crippen molar-refractivity contribution < 1.29 is 9.21 Å². The van der Waals surface area contributed by atoms with Crippen LogP contribution in [-0.4, -0.2) is 16.1 Å². The van der Waals surface area contributed by atoms with Gasteiger partial charge in [-0.15, -0.1) is 21.5 Å². The molecule has 0 aliphatic carbocycles. The average molecular weight is 355 g/mol. The van der Waals surface area contributed by atoms with E-state index in [1.54, 1.807) is 11.3 Å². The number of thiophene rings is 1. The van der Waals surface area contributed by atoms with Gasteiger partial charge in [-0.3, -0.25) is 4.79 Å². The second-order valence-corrected chi connectivity index (χ2v) is 6.74. The first-order chi connectivity index (χ1) is 12.3. The largest absolute Gasteiger partial charge is 0.421 e. The molecule has 0 aliphatic heterocycles. The number of amides is 1. The van der Waals surface area contributed by atoms with Crippen LogP contribution in [0.2, 0.25) is 0 Å². The highest BCUT2D eigenvalue weighted by molar-refractivity contribution is 7.10.